The van der Waals surface area contributed by atoms with Gasteiger partial charge in [-0.05, 0) is 12.8 Å². The summed E-state index contributed by atoms with van der Waals surface area (Å²) in [7, 11) is 0. The molecule has 2 N–H and O–H groups in total. The highest BCUT2D eigenvalue weighted by atomic mass is 19.4. The summed E-state index contributed by atoms with van der Waals surface area (Å²) < 4.78 is 36.2. The van der Waals surface area contributed by atoms with Crippen LogP contribution < -0.4 is 0 Å². The normalized spacial score (nSPS) is 17.5. The number of hydrogen-bond donors (Lipinski definition) is 2. The van der Waals surface area contributed by atoms with Crippen molar-refractivity contribution in [3.05, 3.63) is 0 Å². The van der Waals surface area contributed by atoms with Crippen molar-refractivity contribution >= 4 is 0 Å². The van der Waals surface area contributed by atoms with E-state index in [2.05, 4.69) is 0 Å². The lowest BCUT2D eigenvalue weighted by Gasteiger charge is -2.23. The highest BCUT2D eigenvalue weighted by molar-refractivity contribution is 4.74. The van der Waals surface area contributed by atoms with Gasteiger partial charge in [0.2, 0.25) is 0 Å². The van der Waals surface area contributed by atoms with E-state index in [1.807, 2.05) is 0 Å². The zero-order chi connectivity index (χ0) is 9.78. The first-order valence-electron chi connectivity index (χ1n) is 3.79. The van der Waals surface area contributed by atoms with Gasteiger partial charge in [0, 0.05) is 6.61 Å². The summed E-state index contributed by atoms with van der Waals surface area (Å²) in [4.78, 5) is 0. The van der Waals surface area contributed by atoms with Crippen molar-refractivity contribution in [1.29, 1.82) is 0 Å². The second-order valence-electron chi connectivity index (χ2n) is 2.64. The Bertz CT molecular complexity index is 124. The van der Waals surface area contributed by atoms with Crippen LogP contribution in [0, 0.1) is 5.92 Å². The molecule has 0 aliphatic rings. The maximum atomic E-state index is 12.1. The summed E-state index contributed by atoms with van der Waals surface area (Å²) in [6, 6.07) is 0. The minimum atomic E-state index is -4.42. The Morgan fingerprint density at radius 2 is 1.83 bits per heavy atom. The molecule has 0 spiro atoms. The van der Waals surface area contributed by atoms with Gasteiger partial charge in [-0.15, -0.1) is 0 Å². The second-order valence-corrected chi connectivity index (χ2v) is 2.64. The lowest BCUT2D eigenvalue weighted by atomic mass is 9.96. The molecule has 2 atom stereocenters. The molecule has 0 amide bonds. The molecule has 0 bridgehead atoms. The average Bonchev–Trinajstić information content (AvgIpc) is 1.96. The zero-order valence-corrected chi connectivity index (χ0v) is 6.80. The van der Waals surface area contributed by atoms with Crippen LogP contribution in [0.5, 0.6) is 0 Å². The van der Waals surface area contributed by atoms with Gasteiger partial charge in [-0.3, -0.25) is 0 Å². The molecule has 0 saturated carbocycles. The fourth-order valence-corrected chi connectivity index (χ4v) is 0.998. The summed E-state index contributed by atoms with van der Waals surface area (Å²) >= 11 is 0. The predicted octanol–water partition coefficient (Wildman–Crippen LogP) is 1.32. The smallest absolute Gasteiger partial charge is 0.394 e. The summed E-state index contributed by atoms with van der Waals surface area (Å²) in [6.07, 6.45) is -6.21. The standard InChI is InChI=1S/C7H13F3O2/c1-2-6(12)5(3-4-11)7(8,9)10/h5-6,11-12H,2-4H2,1H3. The summed E-state index contributed by atoms with van der Waals surface area (Å²) in [5.74, 6) is -1.80. The van der Waals surface area contributed by atoms with Gasteiger partial charge >= 0.3 is 6.18 Å². The SMILES string of the molecule is CCC(O)C(CCO)C(F)(F)F. The van der Waals surface area contributed by atoms with Crippen LogP contribution >= 0.6 is 0 Å². The summed E-state index contributed by atoms with van der Waals surface area (Å²) in [5.41, 5.74) is 0. The maximum absolute atomic E-state index is 12.1. The van der Waals surface area contributed by atoms with Gasteiger partial charge in [-0.1, -0.05) is 6.92 Å². The third-order valence-corrected chi connectivity index (χ3v) is 1.74. The van der Waals surface area contributed by atoms with Gasteiger partial charge < -0.3 is 10.2 Å². The number of aliphatic hydroxyl groups is 2. The maximum Gasteiger partial charge on any atom is 0.394 e. The Balaban J connectivity index is 4.22. The Kier molecular flexibility index (Phi) is 4.55. The van der Waals surface area contributed by atoms with Crippen molar-refractivity contribution in [1.82, 2.24) is 0 Å². The average molecular weight is 186 g/mol. The highest BCUT2D eigenvalue weighted by Crippen LogP contribution is 2.32. The molecule has 2 nitrogen and oxygen atoms in total. The fourth-order valence-electron chi connectivity index (χ4n) is 0.998. The molecule has 12 heavy (non-hydrogen) atoms. The molecule has 0 saturated heterocycles. The first-order valence-corrected chi connectivity index (χ1v) is 3.79. The molecule has 0 aromatic heterocycles. The third-order valence-electron chi connectivity index (χ3n) is 1.74. The van der Waals surface area contributed by atoms with Crippen LogP contribution in [0.2, 0.25) is 0 Å². The van der Waals surface area contributed by atoms with Crippen molar-refractivity contribution < 1.29 is 23.4 Å². The Morgan fingerprint density at radius 3 is 2.08 bits per heavy atom. The Morgan fingerprint density at radius 1 is 1.33 bits per heavy atom. The second kappa shape index (κ2) is 4.67. The van der Waals surface area contributed by atoms with E-state index in [-0.39, 0.29) is 6.42 Å². The van der Waals surface area contributed by atoms with Crippen LogP contribution in [0.1, 0.15) is 19.8 Å². The molecular formula is C7H13F3O2. The number of alkyl halides is 3. The van der Waals surface area contributed by atoms with Crippen molar-refractivity contribution in [2.75, 3.05) is 6.61 Å². The lowest BCUT2D eigenvalue weighted by molar-refractivity contribution is -0.203. The van der Waals surface area contributed by atoms with E-state index >= 15 is 0 Å². The van der Waals surface area contributed by atoms with Gasteiger partial charge in [0.15, 0.2) is 0 Å². The number of hydrogen-bond acceptors (Lipinski definition) is 2. The summed E-state index contributed by atoms with van der Waals surface area (Å²) in [5, 5.41) is 17.3. The number of aliphatic hydroxyl groups excluding tert-OH is 2. The monoisotopic (exact) mass is 186 g/mol. The zero-order valence-electron chi connectivity index (χ0n) is 6.80. The van der Waals surface area contributed by atoms with Crippen LogP contribution in [0.3, 0.4) is 0 Å². The Labute approximate surface area is 69.0 Å². The van der Waals surface area contributed by atoms with Crippen molar-refractivity contribution in [3.63, 3.8) is 0 Å². The minimum Gasteiger partial charge on any atom is -0.396 e. The van der Waals surface area contributed by atoms with E-state index in [1.54, 1.807) is 0 Å². The molecule has 0 rings (SSSR count). The van der Waals surface area contributed by atoms with E-state index in [0.29, 0.717) is 0 Å². The topological polar surface area (TPSA) is 40.5 Å². The van der Waals surface area contributed by atoms with E-state index in [0.717, 1.165) is 0 Å². The summed E-state index contributed by atoms with van der Waals surface area (Å²) in [6.45, 7) is 0.919. The van der Waals surface area contributed by atoms with Gasteiger partial charge in [-0.2, -0.15) is 13.2 Å². The molecule has 0 aromatic carbocycles. The third kappa shape index (κ3) is 3.40. The van der Waals surface area contributed by atoms with Crippen molar-refractivity contribution in [2.45, 2.75) is 32.0 Å². The highest BCUT2D eigenvalue weighted by Gasteiger charge is 2.42. The van der Waals surface area contributed by atoms with Crippen molar-refractivity contribution in [3.8, 4) is 0 Å². The molecule has 74 valence electrons. The number of halogens is 3. The van der Waals surface area contributed by atoms with E-state index < -0.39 is 31.2 Å². The van der Waals surface area contributed by atoms with Gasteiger partial charge in [0.1, 0.15) is 0 Å². The fraction of sp³-hybridized carbons (Fsp3) is 1.00. The van der Waals surface area contributed by atoms with Crippen molar-refractivity contribution in [2.24, 2.45) is 5.92 Å². The molecular weight excluding hydrogens is 173 g/mol. The van der Waals surface area contributed by atoms with Crippen LogP contribution in [0.25, 0.3) is 0 Å². The quantitative estimate of drug-likeness (QED) is 0.695. The lowest BCUT2D eigenvalue weighted by Crippen LogP contribution is -2.34. The van der Waals surface area contributed by atoms with Gasteiger partial charge in [0.05, 0.1) is 12.0 Å². The van der Waals surface area contributed by atoms with Crippen LogP contribution in [-0.4, -0.2) is 29.1 Å². The first kappa shape index (κ1) is 11.7. The number of rotatable bonds is 4. The van der Waals surface area contributed by atoms with Crippen LogP contribution in [-0.2, 0) is 0 Å². The van der Waals surface area contributed by atoms with Gasteiger partial charge in [-0.25, -0.2) is 0 Å². The largest absolute Gasteiger partial charge is 0.396 e. The van der Waals surface area contributed by atoms with E-state index in [1.165, 1.54) is 6.92 Å². The molecule has 0 aromatic rings. The van der Waals surface area contributed by atoms with Crippen LogP contribution in [0.4, 0.5) is 13.2 Å². The van der Waals surface area contributed by atoms with Gasteiger partial charge in [0.25, 0.3) is 0 Å². The van der Waals surface area contributed by atoms with E-state index in [4.69, 9.17) is 10.2 Å². The Hall–Kier alpha value is -0.290. The molecule has 0 radical (unpaired) electrons. The first-order chi connectivity index (χ1) is 5.43. The molecule has 0 aliphatic carbocycles. The molecule has 5 heteroatoms. The minimum absolute atomic E-state index is 0.0458. The van der Waals surface area contributed by atoms with E-state index in [9.17, 15) is 13.2 Å². The molecule has 0 fully saturated rings. The predicted molar refractivity (Wildman–Crippen MR) is 37.5 cm³/mol. The molecule has 2 unspecified atom stereocenters. The molecule has 0 aliphatic heterocycles. The molecule has 0 heterocycles. The van der Waals surface area contributed by atoms with Crippen LogP contribution in [0.15, 0.2) is 0 Å².